The van der Waals surface area contributed by atoms with Gasteiger partial charge in [0.05, 0.1) is 6.04 Å². The molecule has 0 bridgehead atoms. The average molecular weight is 339 g/mol. The van der Waals surface area contributed by atoms with E-state index in [-0.39, 0.29) is 11.9 Å². The summed E-state index contributed by atoms with van der Waals surface area (Å²) in [7, 11) is 2.01. The van der Waals surface area contributed by atoms with Gasteiger partial charge in [-0.3, -0.25) is 4.90 Å². The van der Waals surface area contributed by atoms with E-state index in [1.54, 1.807) is 19.1 Å². The Kier molecular flexibility index (Phi) is 4.95. The molecule has 0 fully saturated rings. The van der Waals surface area contributed by atoms with Crippen LogP contribution in [0.25, 0.3) is 11.4 Å². The van der Waals surface area contributed by atoms with E-state index in [2.05, 4.69) is 46.2 Å². The van der Waals surface area contributed by atoms with Gasteiger partial charge in [0.15, 0.2) is 0 Å². The van der Waals surface area contributed by atoms with Crippen molar-refractivity contribution in [3.05, 3.63) is 70.9 Å². The molecule has 1 aromatic heterocycles. The Morgan fingerprint density at radius 1 is 1.12 bits per heavy atom. The van der Waals surface area contributed by atoms with Crippen LogP contribution >= 0.6 is 0 Å². The fourth-order valence-corrected chi connectivity index (χ4v) is 2.56. The van der Waals surface area contributed by atoms with Crippen molar-refractivity contribution in [3.63, 3.8) is 0 Å². The largest absolute Gasteiger partial charge is 0.337 e. The van der Waals surface area contributed by atoms with E-state index in [0.717, 1.165) is 6.54 Å². The average Bonchev–Trinajstić information content (AvgIpc) is 3.08. The van der Waals surface area contributed by atoms with Crippen molar-refractivity contribution >= 4 is 0 Å². The molecule has 0 spiro atoms. The monoisotopic (exact) mass is 339 g/mol. The first-order valence-corrected chi connectivity index (χ1v) is 8.30. The number of aromatic nitrogens is 2. The number of halogens is 1. The van der Waals surface area contributed by atoms with Gasteiger partial charge in [0.2, 0.25) is 11.7 Å². The van der Waals surface area contributed by atoms with Crippen LogP contribution in [0, 0.1) is 19.7 Å². The lowest BCUT2D eigenvalue weighted by molar-refractivity contribution is 0.202. The summed E-state index contributed by atoms with van der Waals surface area (Å²) in [6.45, 7) is 6.59. The lowest BCUT2D eigenvalue weighted by Gasteiger charge is -2.21. The first kappa shape index (κ1) is 17.3. The van der Waals surface area contributed by atoms with E-state index < -0.39 is 0 Å². The van der Waals surface area contributed by atoms with Gasteiger partial charge in [0.1, 0.15) is 5.82 Å². The van der Waals surface area contributed by atoms with E-state index in [1.165, 1.54) is 17.2 Å². The first-order valence-electron chi connectivity index (χ1n) is 8.30. The molecule has 0 N–H and O–H groups in total. The standard InChI is InChI=1S/C20H22FN3O/c1-13-5-8-16(9-6-13)12-24(4)15(3)20-22-19(23-25-20)17-10-7-14(2)18(21)11-17/h5-11,15H,12H2,1-4H3. The molecule has 3 aromatic rings. The van der Waals surface area contributed by atoms with Crippen molar-refractivity contribution in [1.82, 2.24) is 15.0 Å². The Bertz CT molecular complexity index is 858. The molecule has 0 aliphatic carbocycles. The third-order valence-electron chi connectivity index (χ3n) is 4.44. The van der Waals surface area contributed by atoms with E-state index in [1.807, 2.05) is 14.0 Å². The summed E-state index contributed by atoms with van der Waals surface area (Å²) in [5.74, 6) is 0.656. The van der Waals surface area contributed by atoms with Gasteiger partial charge >= 0.3 is 0 Å². The van der Waals surface area contributed by atoms with Crippen LogP contribution in [0.15, 0.2) is 47.0 Å². The van der Waals surface area contributed by atoms with Crippen LogP contribution in [0.4, 0.5) is 4.39 Å². The smallest absolute Gasteiger partial charge is 0.244 e. The highest BCUT2D eigenvalue weighted by molar-refractivity contribution is 5.55. The highest BCUT2D eigenvalue weighted by atomic mass is 19.1. The van der Waals surface area contributed by atoms with Crippen molar-refractivity contribution in [1.29, 1.82) is 0 Å². The zero-order valence-corrected chi connectivity index (χ0v) is 15.0. The van der Waals surface area contributed by atoms with Gasteiger partial charge in [-0.15, -0.1) is 0 Å². The van der Waals surface area contributed by atoms with E-state index in [0.29, 0.717) is 22.8 Å². The summed E-state index contributed by atoms with van der Waals surface area (Å²) < 4.78 is 19.1. The second-order valence-electron chi connectivity index (χ2n) is 6.50. The van der Waals surface area contributed by atoms with Crippen molar-refractivity contribution in [2.75, 3.05) is 7.05 Å². The first-order chi connectivity index (χ1) is 11.9. The van der Waals surface area contributed by atoms with Crippen LogP contribution in [0.2, 0.25) is 0 Å². The number of hydrogen-bond donors (Lipinski definition) is 0. The van der Waals surface area contributed by atoms with Gasteiger partial charge in [-0.2, -0.15) is 4.98 Å². The molecule has 0 amide bonds. The minimum absolute atomic E-state index is 0.0437. The molecule has 1 unspecified atom stereocenters. The topological polar surface area (TPSA) is 42.2 Å². The maximum atomic E-state index is 13.7. The van der Waals surface area contributed by atoms with Crippen molar-refractivity contribution in [2.24, 2.45) is 0 Å². The summed E-state index contributed by atoms with van der Waals surface area (Å²) in [4.78, 5) is 6.58. The van der Waals surface area contributed by atoms with Crippen molar-refractivity contribution in [3.8, 4) is 11.4 Å². The minimum Gasteiger partial charge on any atom is -0.337 e. The zero-order chi connectivity index (χ0) is 18.0. The van der Waals surface area contributed by atoms with Gasteiger partial charge in [-0.25, -0.2) is 4.39 Å². The molecular weight excluding hydrogens is 317 g/mol. The zero-order valence-electron chi connectivity index (χ0n) is 15.0. The molecule has 4 nitrogen and oxygen atoms in total. The molecule has 0 saturated carbocycles. The number of hydrogen-bond acceptors (Lipinski definition) is 4. The Morgan fingerprint density at radius 3 is 2.52 bits per heavy atom. The predicted molar refractivity (Wildman–Crippen MR) is 95.5 cm³/mol. The van der Waals surface area contributed by atoms with E-state index >= 15 is 0 Å². The normalized spacial score (nSPS) is 12.6. The highest BCUT2D eigenvalue weighted by Crippen LogP contribution is 2.24. The molecular formula is C20H22FN3O. The highest BCUT2D eigenvalue weighted by Gasteiger charge is 2.20. The SMILES string of the molecule is Cc1ccc(CN(C)C(C)c2nc(-c3ccc(C)c(F)c3)no2)cc1. The summed E-state index contributed by atoms with van der Waals surface area (Å²) in [5, 5.41) is 4.00. The van der Waals surface area contributed by atoms with Crippen LogP contribution in [0.1, 0.15) is 35.5 Å². The maximum Gasteiger partial charge on any atom is 0.244 e. The molecule has 0 aliphatic heterocycles. The van der Waals surface area contributed by atoms with Gasteiger partial charge in [0.25, 0.3) is 0 Å². The third kappa shape index (κ3) is 3.94. The summed E-state index contributed by atoms with van der Waals surface area (Å²) in [6, 6.07) is 13.3. The van der Waals surface area contributed by atoms with Crippen LogP contribution in [0.5, 0.6) is 0 Å². The summed E-state index contributed by atoms with van der Waals surface area (Å²) >= 11 is 0. The molecule has 25 heavy (non-hydrogen) atoms. The summed E-state index contributed by atoms with van der Waals surface area (Å²) in [6.07, 6.45) is 0. The van der Waals surface area contributed by atoms with Crippen LogP contribution in [-0.4, -0.2) is 22.1 Å². The van der Waals surface area contributed by atoms with E-state index in [4.69, 9.17) is 4.52 Å². The molecule has 2 aromatic carbocycles. The molecule has 1 atom stereocenters. The molecule has 3 rings (SSSR count). The van der Waals surface area contributed by atoms with Gasteiger partial charge in [-0.1, -0.05) is 47.1 Å². The van der Waals surface area contributed by atoms with Gasteiger partial charge in [-0.05, 0) is 45.0 Å². The molecule has 0 radical (unpaired) electrons. The third-order valence-corrected chi connectivity index (χ3v) is 4.44. The lowest BCUT2D eigenvalue weighted by Crippen LogP contribution is -2.22. The molecule has 0 aliphatic rings. The molecule has 0 saturated heterocycles. The number of nitrogens with zero attached hydrogens (tertiary/aromatic N) is 3. The quantitative estimate of drug-likeness (QED) is 0.676. The Labute approximate surface area is 147 Å². The van der Waals surface area contributed by atoms with Gasteiger partial charge < -0.3 is 4.52 Å². The van der Waals surface area contributed by atoms with Gasteiger partial charge in [0, 0.05) is 12.1 Å². The van der Waals surface area contributed by atoms with E-state index in [9.17, 15) is 4.39 Å². The van der Waals surface area contributed by atoms with Crippen LogP contribution < -0.4 is 0 Å². The van der Waals surface area contributed by atoms with Crippen LogP contribution in [0.3, 0.4) is 0 Å². The summed E-state index contributed by atoms with van der Waals surface area (Å²) in [5.41, 5.74) is 3.68. The molecule has 1 heterocycles. The fraction of sp³-hybridized carbons (Fsp3) is 0.300. The predicted octanol–water partition coefficient (Wildman–Crippen LogP) is 4.69. The second kappa shape index (κ2) is 7.15. The number of aryl methyl sites for hydroxylation is 2. The Balaban J connectivity index is 1.74. The Morgan fingerprint density at radius 2 is 1.84 bits per heavy atom. The molecule has 5 heteroatoms. The van der Waals surface area contributed by atoms with Crippen molar-refractivity contribution < 1.29 is 8.91 Å². The van der Waals surface area contributed by atoms with Crippen LogP contribution in [-0.2, 0) is 6.54 Å². The maximum absolute atomic E-state index is 13.7. The molecule has 130 valence electrons. The number of benzene rings is 2. The second-order valence-corrected chi connectivity index (χ2v) is 6.50. The fourth-order valence-electron chi connectivity index (χ4n) is 2.56. The lowest BCUT2D eigenvalue weighted by atomic mass is 10.1. The van der Waals surface area contributed by atoms with Crippen molar-refractivity contribution in [2.45, 2.75) is 33.4 Å². The number of rotatable bonds is 5. The minimum atomic E-state index is -0.270. The Hall–Kier alpha value is -2.53.